The molecule has 0 radical (unpaired) electrons. The lowest BCUT2D eigenvalue weighted by Crippen LogP contribution is -2.21. The van der Waals surface area contributed by atoms with Gasteiger partial charge >= 0.3 is 0 Å². The van der Waals surface area contributed by atoms with E-state index in [1.54, 1.807) is 0 Å². The first-order valence-electron chi connectivity index (χ1n) is 4.31. The average molecular weight is 223 g/mol. The fraction of sp³-hybridized carbons (Fsp3) is 0.222. The highest BCUT2D eigenvalue weighted by molar-refractivity contribution is 6.63. The zero-order chi connectivity index (χ0) is 10.7. The van der Waals surface area contributed by atoms with E-state index in [0.29, 0.717) is 0 Å². The molecule has 0 aliphatic carbocycles. The van der Waals surface area contributed by atoms with E-state index in [0.717, 1.165) is 5.56 Å². The Morgan fingerprint density at radius 3 is 2.33 bits per heavy atom. The SMILES string of the molecule is O=C(Cl)CC1(c2ccccc2)N=NN=N1. The zero-order valence-corrected chi connectivity index (χ0v) is 8.42. The fourth-order valence-electron chi connectivity index (χ4n) is 1.40. The van der Waals surface area contributed by atoms with Crippen LogP contribution in [0.1, 0.15) is 12.0 Å². The minimum Gasteiger partial charge on any atom is -0.281 e. The van der Waals surface area contributed by atoms with E-state index in [2.05, 4.69) is 20.7 Å². The molecule has 0 bridgehead atoms. The van der Waals surface area contributed by atoms with E-state index in [-0.39, 0.29) is 6.42 Å². The Morgan fingerprint density at radius 1 is 1.20 bits per heavy atom. The number of benzene rings is 1. The number of hydrogen-bond donors (Lipinski definition) is 0. The summed E-state index contributed by atoms with van der Waals surface area (Å²) in [6, 6.07) is 9.15. The number of rotatable bonds is 3. The molecule has 0 atom stereocenters. The molecule has 15 heavy (non-hydrogen) atoms. The molecule has 1 aromatic rings. The molecular weight excluding hydrogens is 216 g/mol. The Labute approximate surface area is 90.8 Å². The maximum absolute atomic E-state index is 10.9. The Hall–Kier alpha value is -1.62. The van der Waals surface area contributed by atoms with Crippen LogP contribution in [0.3, 0.4) is 0 Å². The largest absolute Gasteiger partial charge is 0.281 e. The van der Waals surface area contributed by atoms with E-state index >= 15 is 0 Å². The predicted octanol–water partition coefficient (Wildman–Crippen LogP) is 2.83. The van der Waals surface area contributed by atoms with Gasteiger partial charge in [-0.1, -0.05) is 30.3 Å². The van der Waals surface area contributed by atoms with Gasteiger partial charge in [0.2, 0.25) is 10.9 Å². The summed E-state index contributed by atoms with van der Waals surface area (Å²) in [6.45, 7) is 0. The van der Waals surface area contributed by atoms with E-state index in [4.69, 9.17) is 11.6 Å². The number of carbonyl (C=O) groups is 1. The van der Waals surface area contributed by atoms with Crippen LogP contribution in [-0.4, -0.2) is 5.24 Å². The number of halogens is 1. The van der Waals surface area contributed by atoms with E-state index < -0.39 is 10.9 Å². The molecule has 0 spiro atoms. The lowest BCUT2D eigenvalue weighted by Gasteiger charge is -2.17. The molecule has 6 heteroatoms. The molecule has 0 amide bonds. The molecule has 1 aliphatic heterocycles. The van der Waals surface area contributed by atoms with Gasteiger partial charge in [0.25, 0.3) is 0 Å². The van der Waals surface area contributed by atoms with Gasteiger partial charge < -0.3 is 0 Å². The molecule has 0 saturated carbocycles. The third kappa shape index (κ3) is 1.92. The maximum Gasteiger partial charge on any atom is 0.228 e. The minimum absolute atomic E-state index is 0.0361. The second kappa shape index (κ2) is 3.86. The molecule has 0 fully saturated rings. The smallest absolute Gasteiger partial charge is 0.228 e. The molecule has 0 aromatic heterocycles. The summed E-state index contributed by atoms with van der Waals surface area (Å²) in [6.07, 6.45) is -0.0361. The van der Waals surface area contributed by atoms with Gasteiger partial charge in [0, 0.05) is 5.56 Å². The second-order valence-electron chi connectivity index (χ2n) is 3.09. The quantitative estimate of drug-likeness (QED) is 0.725. The molecule has 0 N–H and O–H groups in total. The molecule has 76 valence electrons. The van der Waals surface area contributed by atoms with Crippen LogP contribution < -0.4 is 0 Å². The van der Waals surface area contributed by atoms with Crippen molar-refractivity contribution in [2.24, 2.45) is 20.7 Å². The Kier molecular flexibility index (Phi) is 2.55. The zero-order valence-electron chi connectivity index (χ0n) is 7.67. The predicted molar refractivity (Wildman–Crippen MR) is 53.3 cm³/mol. The highest BCUT2D eigenvalue weighted by atomic mass is 35.5. The van der Waals surface area contributed by atoms with Crippen LogP contribution in [0, 0.1) is 0 Å². The van der Waals surface area contributed by atoms with Gasteiger partial charge in [0.15, 0.2) is 0 Å². The normalized spacial score (nSPS) is 16.9. The van der Waals surface area contributed by atoms with Crippen molar-refractivity contribution < 1.29 is 4.79 Å². The standard InChI is InChI=1S/C9H7ClN4O/c10-8(15)6-9(11-13-14-12-9)7-4-2-1-3-5-7/h1-5H,6H2. The topological polar surface area (TPSA) is 66.5 Å². The van der Waals surface area contributed by atoms with Crippen LogP contribution in [0.4, 0.5) is 0 Å². The highest BCUT2D eigenvalue weighted by Crippen LogP contribution is 2.35. The van der Waals surface area contributed by atoms with Crippen molar-refractivity contribution in [3.05, 3.63) is 35.9 Å². The Morgan fingerprint density at radius 2 is 1.80 bits per heavy atom. The first kappa shape index (κ1) is 9.92. The van der Waals surface area contributed by atoms with E-state index in [9.17, 15) is 4.79 Å². The van der Waals surface area contributed by atoms with Crippen LogP contribution in [0.25, 0.3) is 0 Å². The van der Waals surface area contributed by atoms with Gasteiger partial charge in [0.1, 0.15) is 0 Å². The molecule has 1 aromatic carbocycles. The van der Waals surface area contributed by atoms with Crippen molar-refractivity contribution in [2.75, 3.05) is 0 Å². The summed E-state index contributed by atoms with van der Waals surface area (Å²) in [5.74, 6) is 0. The van der Waals surface area contributed by atoms with Crippen molar-refractivity contribution in [3.63, 3.8) is 0 Å². The summed E-state index contributed by atoms with van der Waals surface area (Å²) in [5.41, 5.74) is -0.302. The fourth-order valence-corrected chi connectivity index (χ4v) is 1.58. The highest BCUT2D eigenvalue weighted by Gasteiger charge is 2.37. The first-order valence-corrected chi connectivity index (χ1v) is 4.69. The van der Waals surface area contributed by atoms with Crippen LogP contribution in [0.15, 0.2) is 51.0 Å². The lowest BCUT2D eigenvalue weighted by molar-refractivity contribution is -0.112. The first-order chi connectivity index (χ1) is 7.23. The third-order valence-electron chi connectivity index (χ3n) is 2.08. The molecule has 2 rings (SSSR count). The van der Waals surface area contributed by atoms with Crippen molar-refractivity contribution in [2.45, 2.75) is 12.1 Å². The van der Waals surface area contributed by atoms with Crippen molar-refractivity contribution in [3.8, 4) is 0 Å². The number of carbonyl (C=O) groups excluding carboxylic acids is 1. The van der Waals surface area contributed by atoms with Crippen LogP contribution in [0.2, 0.25) is 0 Å². The van der Waals surface area contributed by atoms with E-state index in [1.807, 2.05) is 30.3 Å². The van der Waals surface area contributed by atoms with Crippen molar-refractivity contribution in [1.29, 1.82) is 0 Å². The molecular formula is C9H7ClN4O. The van der Waals surface area contributed by atoms with Crippen molar-refractivity contribution >= 4 is 16.8 Å². The Bertz CT molecular complexity index is 417. The Balaban J connectivity index is 2.40. The van der Waals surface area contributed by atoms with Crippen LogP contribution in [0.5, 0.6) is 0 Å². The van der Waals surface area contributed by atoms with Gasteiger partial charge in [-0.3, -0.25) is 4.79 Å². The summed E-state index contributed by atoms with van der Waals surface area (Å²) in [5, 5.41) is 14.1. The molecule has 5 nitrogen and oxygen atoms in total. The van der Waals surface area contributed by atoms with Gasteiger partial charge in [-0.2, -0.15) is 0 Å². The molecule has 1 heterocycles. The van der Waals surface area contributed by atoms with Gasteiger partial charge in [0.05, 0.1) is 6.42 Å². The summed E-state index contributed by atoms with van der Waals surface area (Å²) in [7, 11) is 0. The van der Waals surface area contributed by atoms with Gasteiger partial charge in [-0.05, 0) is 22.0 Å². The molecule has 0 saturated heterocycles. The second-order valence-corrected chi connectivity index (χ2v) is 3.51. The summed E-state index contributed by atoms with van der Waals surface area (Å²) < 4.78 is 0. The minimum atomic E-state index is -1.06. The summed E-state index contributed by atoms with van der Waals surface area (Å²) >= 11 is 5.36. The van der Waals surface area contributed by atoms with E-state index in [1.165, 1.54) is 0 Å². The average Bonchev–Trinajstić information content (AvgIpc) is 2.68. The van der Waals surface area contributed by atoms with Crippen LogP contribution in [-0.2, 0) is 10.5 Å². The lowest BCUT2D eigenvalue weighted by atomic mass is 9.98. The van der Waals surface area contributed by atoms with Crippen molar-refractivity contribution in [1.82, 2.24) is 0 Å². The number of nitrogens with zero attached hydrogens (tertiary/aromatic N) is 4. The van der Waals surface area contributed by atoms with Gasteiger partial charge in [-0.25, -0.2) is 0 Å². The maximum atomic E-state index is 10.9. The summed E-state index contributed by atoms with van der Waals surface area (Å²) in [4.78, 5) is 10.9. The molecule has 0 unspecified atom stereocenters. The third-order valence-corrected chi connectivity index (χ3v) is 2.22. The van der Waals surface area contributed by atoms with Crippen LogP contribution >= 0.6 is 11.6 Å². The van der Waals surface area contributed by atoms with Gasteiger partial charge in [-0.15, -0.1) is 10.2 Å². The molecule has 1 aliphatic rings. The number of hydrogen-bond acceptors (Lipinski definition) is 5. The monoisotopic (exact) mass is 222 g/mol.